The predicted molar refractivity (Wildman–Crippen MR) is 70.7 cm³/mol. The van der Waals surface area contributed by atoms with E-state index in [0.717, 1.165) is 0 Å². The zero-order valence-corrected chi connectivity index (χ0v) is 11.1. The molecule has 0 saturated heterocycles. The van der Waals surface area contributed by atoms with Gasteiger partial charge in [-0.3, -0.25) is 10.2 Å². The summed E-state index contributed by atoms with van der Waals surface area (Å²) < 4.78 is 16.1. The smallest absolute Gasteiger partial charge is 0.294 e. The van der Waals surface area contributed by atoms with Gasteiger partial charge in [-0.05, 0) is 12.1 Å². The van der Waals surface area contributed by atoms with Crippen LogP contribution in [0, 0.1) is 0 Å². The summed E-state index contributed by atoms with van der Waals surface area (Å²) in [5, 5.41) is 2.05. The van der Waals surface area contributed by atoms with Crippen molar-refractivity contribution in [3.8, 4) is 17.2 Å². The van der Waals surface area contributed by atoms with Crippen molar-refractivity contribution in [3.05, 3.63) is 34.3 Å². The molecule has 20 heavy (non-hydrogen) atoms. The van der Waals surface area contributed by atoms with Gasteiger partial charge in [-0.25, -0.2) is 10.8 Å². The summed E-state index contributed by atoms with van der Waals surface area (Å²) in [6.07, 6.45) is 0. The van der Waals surface area contributed by atoms with Crippen molar-refractivity contribution < 1.29 is 19.0 Å². The van der Waals surface area contributed by atoms with Crippen molar-refractivity contribution in [1.29, 1.82) is 0 Å². The highest BCUT2D eigenvalue weighted by atomic mass is 32.1. The predicted octanol–water partition coefficient (Wildman–Crippen LogP) is 1.05. The summed E-state index contributed by atoms with van der Waals surface area (Å²) in [5.41, 5.74) is 2.69. The van der Waals surface area contributed by atoms with Crippen molar-refractivity contribution >= 4 is 17.2 Å². The van der Waals surface area contributed by atoms with E-state index >= 15 is 0 Å². The van der Waals surface area contributed by atoms with Gasteiger partial charge in [0.15, 0.2) is 16.5 Å². The van der Waals surface area contributed by atoms with Crippen LogP contribution in [0.1, 0.15) is 15.5 Å². The molecule has 3 rings (SSSR count). The number of nitrogens with zero attached hydrogens (tertiary/aromatic N) is 1. The summed E-state index contributed by atoms with van der Waals surface area (Å²) in [6, 6.07) is 5.32. The monoisotopic (exact) mass is 293 g/mol. The molecule has 0 fully saturated rings. The van der Waals surface area contributed by atoms with Gasteiger partial charge in [0.1, 0.15) is 12.4 Å². The summed E-state index contributed by atoms with van der Waals surface area (Å²) >= 11 is 1.21. The lowest BCUT2D eigenvalue weighted by atomic mass is 10.3. The summed E-state index contributed by atoms with van der Waals surface area (Å²) in [6.45, 7) is 0.483. The van der Waals surface area contributed by atoms with E-state index in [1.165, 1.54) is 11.3 Å². The Morgan fingerprint density at radius 1 is 1.45 bits per heavy atom. The average molecular weight is 293 g/mol. The van der Waals surface area contributed by atoms with Gasteiger partial charge in [-0.1, -0.05) is 0 Å². The van der Waals surface area contributed by atoms with Crippen molar-refractivity contribution in [3.63, 3.8) is 0 Å². The first-order chi connectivity index (χ1) is 9.76. The first-order valence-electron chi connectivity index (χ1n) is 5.74. The third kappa shape index (κ3) is 2.51. The number of aromatic nitrogens is 1. The maximum Gasteiger partial charge on any atom is 0.294 e. The molecule has 8 heteroatoms. The molecule has 7 nitrogen and oxygen atoms in total. The third-order valence-electron chi connectivity index (χ3n) is 2.61. The Kier molecular flexibility index (Phi) is 3.40. The molecule has 1 aromatic heterocycles. The Labute approximate surface area is 118 Å². The highest BCUT2D eigenvalue weighted by Gasteiger charge is 2.14. The van der Waals surface area contributed by atoms with Gasteiger partial charge >= 0.3 is 0 Å². The molecule has 0 atom stereocenters. The van der Waals surface area contributed by atoms with Crippen LogP contribution in [0.15, 0.2) is 23.6 Å². The topological polar surface area (TPSA) is 95.7 Å². The second kappa shape index (κ2) is 5.35. The number of thiazole rings is 1. The van der Waals surface area contributed by atoms with Gasteiger partial charge in [-0.15, -0.1) is 11.3 Å². The highest BCUT2D eigenvalue weighted by Crippen LogP contribution is 2.35. The van der Waals surface area contributed by atoms with E-state index in [1.54, 1.807) is 23.6 Å². The van der Waals surface area contributed by atoms with Crippen LogP contribution < -0.4 is 25.5 Å². The van der Waals surface area contributed by atoms with Crippen LogP contribution in [-0.4, -0.2) is 17.7 Å². The van der Waals surface area contributed by atoms with Gasteiger partial charge in [0, 0.05) is 11.4 Å². The molecule has 104 valence electrons. The largest absolute Gasteiger partial charge is 0.487 e. The van der Waals surface area contributed by atoms with Crippen LogP contribution >= 0.6 is 11.3 Å². The van der Waals surface area contributed by atoms with E-state index in [9.17, 15) is 4.79 Å². The number of carbonyl (C=O) groups excluding carboxylic acids is 1. The molecule has 0 radical (unpaired) electrons. The second-order valence-electron chi connectivity index (χ2n) is 3.92. The quantitative estimate of drug-likeness (QED) is 0.497. The minimum absolute atomic E-state index is 0.225. The fourth-order valence-corrected chi connectivity index (χ4v) is 2.37. The maximum absolute atomic E-state index is 11.3. The molecule has 0 unspecified atom stereocenters. The van der Waals surface area contributed by atoms with Crippen LogP contribution in [0.5, 0.6) is 17.2 Å². The van der Waals surface area contributed by atoms with Crippen LogP contribution in [-0.2, 0) is 6.61 Å². The van der Waals surface area contributed by atoms with Gasteiger partial charge in [-0.2, -0.15) is 0 Å². The number of carbonyl (C=O) groups is 1. The lowest BCUT2D eigenvalue weighted by molar-refractivity contribution is 0.0953. The lowest BCUT2D eigenvalue weighted by Crippen LogP contribution is -2.29. The van der Waals surface area contributed by atoms with Crippen LogP contribution in [0.25, 0.3) is 0 Å². The average Bonchev–Trinajstić information content (AvgIpc) is 3.12. The second-order valence-corrected chi connectivity index (χ2v) is 4.78. The molecule has 1 aromatic carbocycles. The molecular formula is C12H11N3O4S. The van der Waals surface area contributed by atoms with Crippen molar-refractivity contribution in [2.24, 2.45) is 5.84 Å². The number of hydrogen-bond donors (Lipinski definition) is 2. The molecule has 1 aliphatic heterocycles. The molecule has 0 saturated carbocycles. The van der Waals surface area contributed by atoms with Crippen molar-refractivity contribution in [2.75, 3.05) is 6.79 Å². The number of nitrogen functional groups attached to an aromatic ring is 1. The fourth-order valence-electron chi connectivity index (χ4n) is 1.66. The van der Waals surface area contributed by atoms with E-state index in [-0.39, 0.29) is 13.4 Å². The molecule has 2 aromatic rings. The number of nitrogens with one attached hydrogen (secondary N) is 1. The first kappa shape index (κ1) is 12.7. The van der Waals surface area contributed by atoms with Gasteiger partial charge in [0.05, 0.1) is 5.69 Å². The fraction of sp³-hybridized carbons (Fsp3) is 0.167. The Morgan fingerprint density at radius 3 is 3.15 bits per heavy atom. The summed E-state index contributed by atoms with van der Waals surface area (Å²) in [5.74, 6) is 6.63. The molecule has 1 amide bonds. The van der Waals surface area contributed by atoms with E-state index in [4.69, 9.17) is 20.1 Å². The van der Waals surface area contributed by atoms with E-state index in [2.05, 4.69) is 4.98 Å². The SMILES string of the molecule is NNC(=O)c1nc(COc2ccc3c(c2)OCO3)cs1. The van der Waals surface area contributed by atoms with Crippen molar-refractivity contribution in [1.82, 2.24) is 10.4 Å². The Balaban J connectivity index is 1.64. The van der Waals surface area contributed by atoms with Gasteiger partial charge in [0.25, 0.3) is 5.91 Å². The number of hydrogen-bond acceptors (Lipinski definition) is 7. The molecule has 1 aliphatic rings. The number of fused-ring (bicyclic) bond motifs is 1. The minimum Gasteiger partial charge on any atom is -0.487 e. The first-order valence-corrected chi connectivity index (χ1v) is 6.62. The normalized spacial score (nSPS) is 12.2. The van der Waals surface area contributed by atoms with Gasteiger partial charge in [0.2, 0.25) is 6.79 Å². The van der Waals surface area contributed by atoms with Crippen molar-refractivity contribution in [2.45, 2.75) is 6.61 Å². The highest BCUT2D eigenvalue weighted by molar-refractivity contribution is 7.11. The van der Waals surface area contributed by atoms with E-state index in [0.29, 0.717) is 28.0 Å². The Hall–Kier alpha value is -2.32. The number of ether oxygens (including phenoxy) is 3. The Bertz CT molecular complexity index is 643. The van der Waals surface area contributed by atoms with E-state index in [1.807, 2.05) is 5.43 Å². The standard InChI is InChI=1S/C12H11N3O4S/c13-15-11(16)12-14-7(5-20-12)4-17-8-1-2-9-10(3-8)19-6-18-9/h1-3,5H,4,6,13H2,(H,15,16). The lowest BCUT2D eigenvalue weighted by Gasteiger charge is -2.04. The number of hydrazine groups is 1. The van der Waals surface area contributed by atoms with Crippen LogP contribution in [0.3, 0.4) is 0 Å². The number of amides is 1. The molecule has 2 heterocycles. The third-order valence-corrected chi connectivity index (χ3v) is 3.50. The minimum atomic E-state index is -0.413. The van der Waals surface area contributed by atoms with Gasteiger partial charge < -0.3 is 14.2 Å². The molecular weight excluding hydrogens is 282 g/mol. The van der Waals surface area contributed by atoms with Crippen LogP contribution in [0.4, 0.5) is 0 Å². The molecule has 3 N–H and O–H groups in total. The number of nitrogens with two attached hydrogens (primary N) is 1. The van der Waals surface area contributed by atoms with E-state index < -0.39 is 5.91 Å². The molecule has 0 spiro atoms. The number of rotatable bonds is 4. The van der Waals surface area contributed by atoms with Crippen LogP contribution in [0.2, 0.25) is 0 Å². The summed E-state index contributed by atoms with van der Waals surface area (Å²) in [7, 11) is 0. The molecule has 0 aliphatic carbocycles. The maximum atomic E-state index is 11.3. The zero-order valence-electron chi connectivity index (χ0n) is 10.3. The Morgan fingerprint density at radius 2 is 2.30 bits per heavy atom. The number of benzene rings is 1. The summed E-state index contributed by atoms with van der Waals surface area (Å²) in [4.78, 5) is 15.4. The molecule has 0 bridgehead atoms. The zero-order chi connectivity index (χ0) is 13.9.